The van der Waals surface area contributed by atoms with Gasteiger partial charge in [-0.25, -0.2) is 0 Å². The molecule has 1 N–H and O–H groups in total. The van der Waals surface area contributed by atoms with Crippen LogP contribution < -0.4 is 0 Å². The van der Waals surface area contributed by atoms with Crippen LogP contribution in [-0.2, 0) is 9.47 Å². The van der Waals surface area contributed by atoms with Crippen LogP contribution in [-0.4, -0.2) is 37.1 Å². The molecule has 1 rings (SSSR count). The minimum Gasteiger partial charge on any atom is -0.390 e. The summed E-state index contributed by atoms with van der Waals surface area (Å²) in [4.78, 5) is 0. The number of hydrogen-bond donors (Lipinski definition) is 1. The molecule has 0 radical (unpaired) electrons. The summed E-state index contributed by atoms with van der Waals surface area (Å²) in [6, 6.07) is 0. The molecule has 66 valence electrons. The first-order valence-corrected chi connectivity index (χ1v) is 4.12. The highest BCUT2D eigenvalue weighted by Gasteiger charge is 2.31. The molecule has 3 nitrogen and oxygen atoms in total. The zero-order valence-electron chi connectivity index (χ0n) is 7.12. The molecular weight excluding hydrogens is 144 g/mol. The van der Waals surface area contributed by atoms with Crippen molar-refractivity contribution in [3.05, 3.63) is 0 Å². The largest absolute Gasteiger partial charge is 0.390 e. The van der Waals surface area contributed by atoms with Crippen molar-refractivity contribution in [3.8, 4) is 0 Å². The van der Waals surface area contributed by atoms with Gasteiger partial charge < -0.3 is 14.6 Å². The van der Waals surface area contributed by atoms with Crippen molar-refractivity contribution in [2.75, 3.05) is 13.7 Å². The molecule has 1 fully saturated rings. The summed E-state index contributed by atoms with van der Waals surface area (Å²) in [5.41, 5.74) is 0. The first-order valence-electron chi connectivity index (χ1n) is 4.12. The Morgan fingerprint density at radius 2 is 2.36 bits per heavy atom. The van der Waals surface area contributed by atoms with Crippen LogP contribution in [0.3, 0.4) is 0 Å². The Labute approximate surface area is 67.3 Å². The van der Waals surface area contributed by atoms with Gasteiger partial charge in [-0.3, -0.25) is 0 Å². The number of ether oxygens (including phenoxy) is 2. The van der Waals surface area contributed by atoms with Crippen molar-refractivity contribution in [1.82, 2.24) is 0 Å². The molecule has 1 aliphatic heterocycles. The predicted molar refractivity (Wildman–Crippen MR) is 41.5 cm³/mol. The number of aliphatic hydroxyl groups excluding tert-OH is 1. The van der Waals surface area contributed by atoms with Crippen LogP contribution in [0.15, 0.2) is 0 Å². The SMILES string of the molecule is CCC1OCCC(O)C1OC. The lowest BCUT2D eigenvalue weighted by atomic mass is 10.0. The third-order valence-electron chi connectivity index (χ3n) is 2.17. The van der Waals surface area contributed by atoms with Gasteiger partial charge in [0.25, 0.3) is 0 Å². The molecule has 0 spiro atoms. The average Bonchev–Trinajstić information content (AvgIpc) is 2.04. The summed E-state index contributed by atoms with van der Waals surface area (Å²) in [7, 11) is 1.62. The second-order valence-corrected chi connectivity index (χ2v) is 2.87. The molecule has 0 saturated carbocycles. The minimum absolute atomic E-state index is 0.0729. The first-order chi connectivity index (χ1) is 5.29. The topological polar surface area (TPSA) is 38.7 Å². The third-order valence-corrected chi connectivity index (χ3v) is 2.17. The van der Waals surface area contributed by atoms with E-state index in [9.17, 15) is 5.11 Å². The lowest BCUT2D eigenvalue weighted by molar-refractivity contribution is -0.148. The summed E-state index contributed by atoms with van der Waals surface area (Å²) >= 11 is 0. The van der Waals surface area contributed by atoms with Crippen molar-refractivity contribution >= 4 is 0 Å². The minimum atomic E-state index is -0.348. The van der Waals surface area contributed by atoms with E-state index in [-0.39, 0.29) is 18.3 Å². The van der Waals surface area contributed by atoms with Gasteiger partial charge in [-0.2, -0.15) is 0 Å². The maximum Gasteiger partial charge on any atom is 0.109 e. The molecule has 0 aliphatic carbocycles. The zero-order chi connectivity index (χ0) is 8.27. The fourth-order valence-electron chi connectivity index (χ4n) is 1.51. The van der Waals surface area contributed by atoms with Crippen LogP contribution >= 0.6 is 0 Å². The molecule has 3 atom stereocenters. The van der Waals surface area contributed by atoms with Crippen LogP contribution in [0.5, 0.6) is 0 Å². The first kappa shape index (κ1) is 8.97. The number of aliphatic hydroxyl groups is 1. The molecular formula is C8H16O3. The lowest BCUT2D eigenvalue weighted by Gasteiger charge is -2.33. The Morgan fingerprint density at radius 3 is 2.82 bits per heavy atom. The Bertz CT molecular complexity index is 116. The van der Waals surface area contributed by atoms with Crippen LogP contribution in [0, 0.1) is 0 Å². The molecule has 0 bridgehead atoms. The normalized spacial score (nSPS) is 39.0. The van der Waals surface area contributed by atoms with Crippen molar-refractivity contribution in [1.29, 1.82) is 0 Å². The number of hydrogen-bond acceptors (Lipinski definition) is 3. The summed E-state index contributed by atoms with van der Waals surface area (Å²) in [5.74, 6) is 0. The van der Waals surface area contributed by atoms with E-state index in [4.69, 9.17) is 9.47 Å². The van der Waals surface area contributed by atoms with E-state index in [0.29, 0.717) is 13.0 Å². The van der Waals surface area contributed by atoms with E-state index in [2.05, 4.69) is 0 Å². The van der Waals surface area contributed by atoms with Gasteiger partial charge in [-0.05, 0) is 12.8 Å². The summed E-state index contributed by atoms with van der Waals surface area (Å²) < 4.78 is 10.5. The molecule has 11 heavy (non-hydrogen) atoms. The van der Waals surface area contributed by atoms with Crippen molar-refractivity contribution in [2.45, 2.75) is 38.1 Å². The molecule has 0 aromatic heterocycles. The highest BCUT2D eigenvalue weighted by Crippen LogP contribution is 2.19. The van der Waals surface area contributed by atoms with E-state index < -0.39 is 0 Å². The van der Waals surface area contributed by atoms with Crippen LogP contribution in [0.4, 0.5) is 0 Å². The molecule has 0 aromatic carbocycles. The molecule has 0 aromatic rings. The van der Waals surface area contributed by atoms with Gasteiger partial charge in [0.15, 0.2) is 0 Å². The molecule has 0 amide bonds. The van der Waals surface area contributed by atoms with Gasteiger partial charge in [-0.15, -0.1) is 0 Å². The highest BCUT2D eigenvalue weighted by atomic mass is 16.5. The maximum atomic E-state index is 9.47. The van der Waals surface area contributed by atoms with Crippen molar-refractivity contribution < 1.29 is 14.6 Å². The maximum absolute atomic E-state index is 9.47. The quantitative estimate of drug-likeness (QED) is 0.641. The van der Waals surface area contributed by atoms with E-state index in [1.54, 1.807) is 7.11 Å². The molecule has 1 heterocycles. The van der Waals surface area contributed by atoms with Gasteiger partial charge >= 0.3 is 0 Å². The number of rotatable bonds is 2. The molecule has 3 heteroatoms. The molecule has 3 unspecified atom stereocenters. The van der Waals surface area contributed by atoms with Gasteiger partial charge in [0.1, 0.15) is 6.10 Å². The predicted octanol–water partition coefficient (Wildman–Crippen LogP) is 0.561. The zero-order valence-corrected chi connectivity index (χ0v) is 7.12. The number of methoxy groups -OCH3 is 1. The van der Waals surface area contributed by atoms with E-state index in [1.165, 1.54) is 0 Å². The van der Waals surface area contributed by atoms with E-state index in [1.807, 2.05) is 6.92 Å². The fourth-order valence-corrected chi connectivity index (χ4v) is 1.51. The summed E-state index contributed by atoms with van der Waals surface area (Å²) in [5, 5.41) is 9.47. The summed E-state index contributed by atoms with van der Waals surface area (Å²) in [6.07, 6.45) is 1.18. The Morgan fingerprint density at radius 1 is 1.64 bits per heavy atom. The second-order valence-electron chi connectivity index (χ2n) is 2.87. The second kappa shape index (κ2) is 4.04. The van der Waals surface area contributed by atoms with Gasteiger partial charge in [0, 0.05) is 13.7 Å². The van der Waals surface area contributed by atoms with Gasteiger partial charge in [0.05, 0.1) is 12.2 Å². The molecule has 1 aliphatic rings. The Balaban J connectivity index is 2.48. The average molecular weight is 160 g/mol. The van der Waals surface area contributed by atoms with E-state index >= 15 is 0 Å². The summed E-state index contributed by atoms with van der Waals surface area (Å²) in [6.45, 7) is 2.69. The van der Waals surface area contributed by atoms with Crippen LogP contribution in [0.1, 0.15) is 19.8 Å². The fraction of sp³-hybridized carbons (Fsp3) is 1.00. The highest BCUT2D eigenvalue weighted by molar-refractivity contribution is 4.80. The monoisotopic (exact) mass is 160 g/mol. The smallest absolute Gasteiger partial charge is 0.109 e. The van der Waals surface area contributed by atoms with Gasteiger partial charge in [0.2, 0.25) is 0 Å². The van der Waals surface area contributed by atoms with Crippen molar-refractivity contribution in [3.63, 3.8) is 0 Å². The van der Waals surface area contributed by atoms with Crippen molar-refractivity contribution in [2.24, 2.45) is 0 Å². The van der Waals surface area contributed by atoms with Crippen LogP contribution in [0.25, 0.3) is 0 Å². The van der Waals surface area contributed by atoms with Crippen LogP contribution in [0.2, 0.25) is 0 Å². The Kier molecular flexibility index (Phi) is 3.30. The van der Waals surface area contributed by atoms with E-state index in [0.717, 1.165) is 6.42 Å². The van der Waals surface area contributed by atoms with Gasteiger partial charge in [-0.1, -0.05) is 6.92 Å². The standard InChI is InChI=1S/C8H16O3/c1-3-7-8(10-2)6(9)4-5-11-7/h6-9H,3-5H2,1-2H3. The third kappa shape index (κ3) is 1.92. The lowest BCUT2D eigenvalue weighted by Crippen LogP contribution is -2.45. The Hall–Kier alpha value is -0.120. The molecule has 1 saturated heterocycles.